The first kappa shape index (κ1) is 15.1. The molecule has 1 amide bonds. The number of nitrogens with zero attached hydrogens (tertiary/aromatic N) is 1. The summed E-state index contributed by atoms with van der Waals surface area (Å²) in [4.78, 5) is 24.1. The quantitative estimate of drug-likeness (QED) is 0.813. The number of carboxylic acids is 1. The van der Waals surface area contributed by atoms with Crippen molar-refractivity contribution >= 4 is 18.0 Å². The van der Waals surface area contributed by atoms with E-state index in [2.05, 4.69) is 0 Å². The Hall–Kier alpha value is -2.30. The molecule has 2 rings (SSSR count). The van der Waals surface area contributed by atoms with Crippen LogP contribution in [0.4, 0.5) is 0 Å². The number of hydrogen-bond donors (Lipinski definition) is 1. The van der Waals surface area contributed by atoms with Gasteiger partial charge in [0, 0.05) is 25.6 Å². The van der Waals surface area contributed by atoms with E-state index in [9.17, 15) is 9.59 Å². The summed E-state index contributed by atoms with van der Waals surface area (Å²) in [6.45, 7) is 3.27. The Morgan fingerprint density at radius 2 is 2.24 bits per heavy atom. The van der Waals surface area contributed by atoms with Crippen LogP contribution in [0.2, 0.25) is 0 Å². The lowest BCUT2D eigenvalue weighted by Crippen LogP contribution is -2.31. The van der Waals surface area contributed by atoms with Crippen LogP contribution in [0.15, 0.2) is 24.3 Å². The molecule has 0 radical (unpaired) electrons. The van der Waals surface area contributed by atoms with Crippen molar-refractivity contribution in [3.05, 3.63) is 35.4 Å². The normalized spacial score (nSPS) is 13.0. The Labute approximate surface area is 123 Å². The molecule has 112 valence electrons. The number of benzene rings is 1. The van der Waals surface area contributed by atoms with Gasteiger partial charge in [0.15, 0.2) is 0 Å². The van der Waals surface area contributed by atoms with Gasteiger partial charge < -0.3 is 14.7 Å². The summed E-state index contributed by atoms with van der Waals surface area (Å²) < 4.78 is 5.43. The number of carbonyl (C=O) groups excluding carboxylic acids is 1. The van der Waals surface area contributed by atoms with Gasteiger partial charge in [0.25, 0.3) is 0 Å². The smallest absolute Gasteiger partial charge is 0.305 e. The second-order valence-corrected chi connectivity index (χ2v) is 4.86. The summed E-state index contributed by atoms with van der Waals surface area (Å²) in [5.41, 5.74) is 2.10. The van der Waals surface area contributed by atoms with Gasteiger partial charge in [-0.1, -0.05) is 6.07 Å². The van der Waals surface area contributed by atoms with Crippen LogP contribution in [0.25, 0.3) is 6.08 Å². The van der Waals surface area contributed by atoms with Gasteiger partial charge >= 0.3 is 5.97 Å². The van der Waals surface area contributed by atoms with E-state index in [4.69, 9.17) is 9.84 Å². The van der Waals surface area contributed by atoms with E-state index in [1.165, 1.54) is 11.0 Å². The minimum atomic E-state index is -0.899. The summed E-state index contributed by atoms with van der Waals surface area (Å²) in [7, 11) is 0. The van der Waals surface area contributed by atoms with Crippen molar-refractivity contribution in [3.63, 3.8) is 0 Å². The predicted molar refractivity (Wildman–Crippen MR) is 79.2 cm³/mol. The van der Waals surface area contributed by atoms with Crippen LogP contribution in [0.1, 0.15) is 24.5 Å². The molecular formula is C16H19NO4. The molecule has 1 heterocycles. The molecule has 0 bridgehead atoms. The highest BCUT2D eigenvalue weighted by Crippen LogP contribution is 2.26. The van der Waals surface area contributed by atoms with Gasteiger partial charge in [0.05, 0.1) is 13.0 Å². The van der Waals surface area contributed by atoms with Crippen molar-refractivity contribution < 1.29 is 19.4 Å². The number of carbonyl (C=O) groups is 2. The summed E-state index contributed by atoms with van der Waals surface area (Å²) in [5.74, 6) is -0.158. The van der Waals surface area contributed by atoms with E-state index < -0.39 is 5.97 Å². The number of rotatable bonds is 6. The standard InChI is InChI=1S/C16H19NO4/c1-2-17(9-7-16(19)20)15(18)6-4-12-3-5-14-13(11-12)8-10-21-14/h3-6,11H,2,7-10H2,1H3,(H,19,20)/b6-4+. The first-order chi connectivity index (χ1) is 10.1. The third kappa shape index (κ3) is 4.08. The average Bonchev–Trinajstić information content (AvgIpc) is 2.92. The summed E-state index contributed by atoms with van der Waals surface area (Å²) in [6.07, 6.45) is 4.10. The summed E-state index contributed by atoms with van der Waals surface area (Å²) in [6, 6.07) is 5.83. The van der Waals surface area contributed by atoms with E-state index in [-0.39, 0.29) is 18.9 Å². The molecule has 0 fully saturated rings. The van der Waals surface area contributed by atoms with Crippen molar-refractivity contribution in [1.82, 2.24) is 4.90 Å². The molecule has 1 N–H and O–H groups in total. The van der Waals surface area contributed by atoms with Gasteiger partial charge in [0.2, 0.25) is 5.91 Å². The van der Waals surface area contributed by atoms with Crippen molar-refractivity contribution in [2.24, 2.45) is 0 Å². The van der Waals surface area contributed by atoms with Crippen molar-refractivity contribution in [1.29, 1.82) is 0 Å². The second-order valence-electron chi connectivity index (χ2n) is 4.86. The number of amides is 1. The zero-order valence-corrected chi connectivity index (χ0v) is 12.0. The first-order valence-electron chi connectivity index (χ1n) is 7.04. The molecule has 0 aromatic heterocycles. The third-order valence-corrected chi connectivity index (χ3v) is 3.42. The zero-order chi connectivity index (χ0) is 15.2. The first-order valence-corrected chi connectivity index (χ1v) is 7.04. The lowest BCUT2D eigenvalue weighted by atomic mass is 10.1. The number of carboxylic acid groups (broad SMARTS) is 1. The molecule has 0 aliphatic carbocycles. The number of hydrogen-bond acceptors (Lipinski definition) is 3. The van der Waals surface area contributed by atoms with Crippen LogP contribution in [-0.2, 0) is 16.0 Å². The Kier molecular flexibility index (Phi) is 4.98. The van der Waals surface area contributed by atoms with E-state index in [1.54, 1.807) is 6.08 Å². The molecule has 5 nitrogen and oxygen atoms in total. The fourth-order valence-corrected chi connectivity index (χ4v) is 2.24. The van der Waals surface area contributed by atoms with E-state index >= 15 is 0 Å². The molecule has 0 atom stereocenters. The predicted octanol–water partition coefficient (Wildman–Crippen LogP) is 1.96. The molecule has 1 aromatic rings. The maximum absolute atomic E-state index is 12.0. The topological polar surface area (TPSA) is 66.8 Å². The lowest BCUT2D eigenvalue weighted by Gasteiger charge is -2.17. The van der Waals surface area contributed by atoms with Gasteiger partial charge in [0.1, 0.15) is 5.75 Å². The van der Waals surface area contributed by atoms with Crippen LogP contribution in [0.5, 0.6) is 5.75 Å². The van der Waals surface area contributed by atoms with Crippen LogP contribution in [0, 0.1) is 0 Å². The lowest BCUT2D eigenvalue weighted by molar-refractivity contribution is -0.137. The second kappa shape index (κ2) is 6.92. The summed E-state index contributed by atoms with van der Waals surface area (Å²) in [5, 5.41) is 8.67. The molecule has 0 unspecified atom stereocenters. The molecule has 1 aliphatic heterocycles. The maximum atomic E-state index is 12.0. The van der Waals surface area contributed by atoms with Crippen LogP contribution in [-0.4, -0.2) is 41.6 Å². The van der Waals surface area contributed by atoms with Gasteiger partial charge in [-0.05, 0) is 36.3 Å². The fourth-order valence-electron chi connectivity index (χ4n) is 2.24. The molecule has 0 spiro atoms. The fraction of sp³-hybridized carbons (Fsp3) is 0.375. The minimum absolute atomic E-state index is 0.0381. The zero-order valence-electron chi connectivity index (χ0n) is 12.0. The molecule has 1 aliphatic rings. The van der Waals surface area contributed by atoms with Gasteiger partial charge in [-0.2, -0.15) is 0 Å². The SMILES string of the molecule is CCN(CCC(=O)O)C(=O)/C=C/c1ccc2c(c1)CCO2. The average molecular weight is 289 g/mol. The highest BCUT2D eigenvalue weighted by atomic mass is 16.5. The Morgan fingerprint density at radius 1 is 1.43 bits per heavy atom. The Bertz CT molecular complexity index is 565. The van der Waals surface area contributed by atoms with Crippen molar-refractivity contribution in [3.8, 4) is 5.75 Å². The number of likely N-dealkylation sites (N-methyl/N-ethyl adjacent to an activating group) is 1. The maximum Gasteiger partial charge on any atom is 0.305 e. The van der Waals surface area contributed by atoms with Gasteiger partial charge in [-0.3, -0.25) is 9.59 Å². The molecule has 0 saturated carbocycles. The van der Waals surface area contributed by atoms with Crippen molar-refractivity contribution in [2.45, 2.75) is 19.8 Å². The van der Waals surface area contributed by atoms with Crippen LogP contribution >= 0.6 is 0 Å². The molecule has 21 heavy (non-hydrogen) atoms. The Balaban J connectivity index is 1.98. The highest BCUT2D eigenvalue weighted by Gasteiger charge is 2.12. The molecular weight excluding hydrogens is 270 g/mol. The minimum Gasteiger partial charge on any atom is -0.493 e. The third-order valence-electron chi connectivity index (χ3n) is 3.42. The van der Waals surface area contributed by atoms with Crippen LogP contribution < -0.4 is 4.74 Å². The number of ether oxygens (including phenoxy) is 1. The molecule has 1 aromatic carbocycles. The highest BCUT2D eigenvalue weighted by molar-refractivity contribution is 5.92. The van der Waals surface area contributed by atoms with E-state index in [0.717, 1.165) is 23.3 Å². The van der Waals surface area contributed by atoms with Crippen LogP contribution in [0.3, 0.4) is 0 Å². The summed E-state index contributed by atoms with van der Waals surface area (Å²) >= 11 is 0. The van der Waals surface area contributed by atoms with E-state index in [0.29, 0.717) is 13.2 Å². The van der Waals surface area contributed by atoms with Crippen molar-refractivity contribution in [2.75, 3.05) is 19.7 Å². The van der Waals surface area contributed by atoms with Gasteiger partial charge in [-0.15, -0.1) is 0 Å². The van der Waals surface area contributed by atoms with E-state index in [1.807, 2.05) is 25.1 Å². The molecule has 0 saturated heterocycles. The largest absolute Gasteiger partial charge is 0.493 e. The molecule has 5 heteroatoms. The number of fused-ring (bicyclic) bond motifs is 1. The monoisotopic (exact) mass is 289 g/mol. The van der Waals surface area contributed by atoms with Gasteiger partial charge in [-0.25, -0.2) is 0 Å². The number of aliphatic carboxylic acids is 1. The Morgan fingerprint density at radius 3 is 2.95 bits per heavy atom.